The van der Waals surface area contributed by atoms with Crippen molar-refractivity contribution in [2.45, 2.75) is 13.5 Å². The van der Waals surface area contributed by atoms with Gasteiger partial charge in [0.1, 0.15) is 6.20 Å². The smallest absolute Gasteiger partial charge is 0.293 e. The van der Waals surface area contributed by atoms with Crippen molar-refractivity contribution in [2.75, 3.05) is 5.32 Å². The van der Waals surface area contributed by atoms with Crippen molar-refractivity contribution in [1.29, 1.82) is 5.26 Å². The molecule has 6 nitrogen and oxygen atoms in total. The summed E-state index contributed by atoms with van der Waals surface area (Å²) >= 11 is 0. The van der Waals surface area contributed by atoms with E-state index < -0.39 is 23.0 Å². The maximum Gasteiger partial charge on any atom is 0.293 e. The summed E-state index contributed by atoms with van der Waals surface area (Å²) in [5.74, 6) is -4.21. The molecule has 1 N–H and O–H groups in total. The quantitative estimate of drug-likeness (QED) is 0.713. The molecular formula is C18H12F3N5O. The number of nitrogens with zero attached hydrogens (tertiary/aromatic N) is 4. The van der Waals surface area contributed by atoms with Crippen LogP contribution >= 0.6 is 0 Å². The molecule has 0 fully saturated rings. The van der Waals surface area contributed by atoms with Crippen LogP contribution in [0.3, 0.4) is 0 Å². The molecule has 9 heteroatoms. The van der Waals surface area contributed by atoms with Crippen molar-refractivity contribution < 1.29 is 13.2 Å². The highest BCUT2D eigenvalue weighted by Crippen LogP contribution is 2.21. The minimum absolute atomic E-state index is 0.00540. The van der Waals surface area contributed by atoms with E-state index in [0.717, 1.165) is 23.9 Å². The van der Waals surface area contributed by atoms with Gasteiger partial charge in [0.15, 0.2) is 17.5 Å². The molecule has 0 saturated heterocycles. The summed E-state index contributed by atoms with van der Waals surface area (Å²) in [5, 5.41) is 15.8. The molecule has 0 bridgehead atoms. The van der Waals surface area contributed by atoms with Crippen molar-refractivity contribution >= 4 is 11.6 Å². The van der Waals surface area contributed by atoms with Crippen LogP contribution in [-0.4, -0.2) is 14.8 Å². The largest absolute Gasteiger partial charge is 0.324 e. The van der Waals surface area contributed by atoms with Crippen LogP contribution in [0, 0.1) is 35.7 Å². The van der Waals surface area contributed by atoms with Crippen molar-refractivity contribution in [3.05, 3.63) is 81.0 Å². The molecule has 27 heavy (non-hydrogen) atoms. The number of halogens is 3. The normalized spacial score (nSPS) is 10.5. The lowest BCUT2D eigenvalue weighted by Crippen LogP contribution is -2.19. The first-order chi connectivity index (χ1) is 12.9. The van der Waals surface area contributed by atoms with Gasteiger partial charge in [0.25, 0.3) is 5.56 Å². The van der Waals surface area contributed by atoms with E-state index >= 15 is 0 Å². The summed E-state index contributed by atoms with van der Waals surface area (Å²) in [5.41, 5.74) is 1.15. The van der Waals surface area contributed by atoms with E-state index in [1.165, 1.54) is 4.68 Å². The highest BCUT2D eigenvalue weighted by Gasteiger charge is 2.13. The third-order valence-electron chi connectivity index (χ3n) is 3.76. The number of nitrogens with one attached hydrogen (secondary N) is 1. The number of benzene rings is 2. The van der Waals surface area contributed by atoms with Gasteiger partial charge in [0, 0.05) is 5.69 Å². The summed E-state index contributed by atoms with van der Waals surface area (Å²) in [6.45, 7) is 1.62. The molecule has 136 valence electrons. The van der Waals surface area contributed by atoms with Gasteiger partial charge in [0.2, 0.25) is 5.95 Å². The Morgan fingerprint density at radius 2 is 1.89 bits per heavy atom. The fourth-order valence-corrected chi connectivity index (χ4v) is 2.39. The monoisotopic (exact) mass is 371 g/mol. The second-order valence-corrected chi connectivity index (χ2v) is 5.72. The summed E-state index contributed by atoms with van der Waals surface area (Å²) in [4.78, 5) is 15.4. The number of anilines is 2. The highest BCUT2D eigenvalue weighted by atomic mass is 19.2. The van der Waals surface area contributed by atoms with E-state index in [4.69, 9.17) is 5.26 Å². The fraction of sp³-hybridized carbons (Fsp3) is 0.111. The second kappa shape index (κ2) is 7.29. The summed E-state index contributed by atoms with van der Waals surface area (Å²) in [7, 11) is 0. The Hall–Kier alpha value is -3.67. The standard InChI is InChI=1S/C18H12F3N5O/c1-10-2-3-11(7-22)6-15(10)24-18-25-16(27)8-23-26(18)9-12-4-13(19)17(21)14(20)5-12/h2-6,8H,9H2,1H3,(H,24,25,27). The zero-order chi connectivity index (χ0) is 19.6. The van der Waals surface area contributed by atoms with Gasteiger partial charge in [0.05, 0.1) is 18.2 Å². The molecule has 1 heterocycles. The lowest BCUT2D eigenvalue weighted by molar-refractivity contribution is 0.444. The molecule has 0 aliphatic rings. The third kappa shape index (κ3) is 3.95. The van der Waals surface area contributed by atoms with Crippen LogP contribution in [0.2, 0.25) is 0 Å². The van der Waals surface area contributed by atoms with E-state index in [0.29, 0.717) is 11.3 Å². The maximum atomic E-state index is 13.4. The Kier molecular flexibility index (Phi) is 4.90. The van der Waals surface area contributed by atoms with E-state index in [9.17, 15) is 18.0 Å². The van der Waals surface area contributed by atoms with Gasteiger partial charge >= 0.3 is 0 Å². The second-order valence-electron chi connectivity index (χ2n) is 5.72. The number of aryl methyl sites for hydroxylation is 1. The predicted molar refractivity (Wildman–Crippen MR) is 90.9 cm³/mol. The van der Waals surface area contributed by atoms with Gasteiger partial charge in [-0.15, -0.1) is 0 Å². The summed E-state index contributed by atoms with van der Waals surface area (Å²) in [6, 6.07) is 8.59. The Morgan fingerprint density at radius 1 is 1.19 bits per heavy atom. The summed E-state index contributed by atoms with van der Waals surface area (Å²) in [6.07, 6.45) is 0.944. The Labute approximate surface area is 151 Å². The van der Waals surface area contributed by atoms with Crippen LogP contribution in [0.25, 0.3) is 0 Å². The van der Waals surface area contributed by atoms with E-state index in [-0.39, 0.29) is 18.1 Å². The Morgan fingerprint density at radius 3 is 2.56 bits per heavy atom. The first-order valence-corrected chi connectivity index (χ1v) is 7.72. The van der Waals surface area contributed by atoms with Gasteiger partial charge < -0.3 is 5.32 Å². The predicted octanol–water partition coefficient (Wildman–Crippen LogP) is 3.03. The zero-order valence-electron chi connectivity index (χ0n) is 14.0. The minimum Gasteiger partial charge on any atom is -0.324 e. The van der Waals surface area contributed by atoms with Gasteiger partial charge in [-0.2, -0.15) is 15.3 Å². The molecule has 0 aliphatic heterocycles. The fourth-order valence-electron chi connectivity index (χ4n) is 2.39. The van der Waals surface area contributed by atoms with E-state index in [1.54, 1.807) is 25.1 Å². The minimum atomic E-state index is -1.56. The SMILES string of the molecule is Cc1ccc(C#N)cc1Nc1nc(=O)cnn1Cc1cc(F)c(F)c(F)c1. The maximum absolute atomic E-state index is 13.4. The first kappa shape index (κ1) is 18.1. The van der Waals surface area contributed by atoms with Crippen LogP contribution in [0.4, 0.5) is 24.8 Å². The Balaban J connectivity index is 1.99. The molecule has 0 aliphatic carbocycles. The van der Waals surface area contributed by atoms with Gasteiger partial charge in [-0.25, -0.2) is 17.9 Å². The van der Waals surface area contributed by atoms with Crippen LogP contribution in [0.5, 0.6) is 0 Å². The van der Waals surface area contributed by atoms with Crippen molar-refractivity contribution in [2.24, 2.45) is 0 Å². The van der Waals surface area contributed by atoms with Gasteiger partial charge in [-0.1, -0.05) is 6.07 Å². The number of hydrogen-bond acceptors (Lipinski definition) is 5. The average molecular weight is 371 g/mol. The molecule has 0 amide bonds. The Bertz CT molecular complexity index is 1100. The number of hydrogen-bond donors (Lipinski definition) is 1. The summed E-state index contributed by atoms with van der Waals surface area (Å²) < 4.78 is 41.2. The average Bonchev–Trinajstić information content (AvgIpc) is 2.63. The molecule has 0 spiro atoms. The number of aromatic nitrogens is 3. The first-order valence-electron chi connectivity index (χ1n) is 7.72. The van der Waals surface area contributed by atoms with E-state index in [2.05, 4.69) is 15.4 Å². The van der Waals surface area contributed by atoms with Crippen molar-refractivity contribution in [3.8, 4) is 6.07 Å². The number of nitriles is 1. The molecule has 3 aromatic rings. The third-order valence-corrected chi connectivity index (χ3v) is 3.76. The molecule has 2 aromatic carbocycles. The zero-order valence-corrected chi connectivity index (χ0v) is 14.0. The van der Waals surface area contributed by atoms with Crippen LogP contribution < -0.4 is 10.9 Å². The molecule has 0 unspecified atom stereocenters. The molecule has 1 aromatic heterocycles. The van der Waals surface area contributed by atoms with Crippen molar-refractivity contribution in [3.63, 3.8) is 0 Å². The lowest BCUT2D eigenvalue weighted by Gasteiger charge is -2.14. The van der Waals surface area contributed by atoms with Crippen LogP contribution in [0.15, 0.2) is 41.3 Å². The van der Waals surface area contributed by atoms with Gasteiger partial charge in [-0.05, 0) is 42.3 Å². The van der Waals surface area contributed by atoms with Crippen LogP contribution in [0.1, 0.15) is 16.7 Å². The molecular weight excluding hydrogens is 359 g/mol. The van der Waals surface area contributed by atoms with Gasteiger partial charge in [-0.3, -0.25) is 4.79 Å². The van der Waals surface area contributed by atoms with Crippen LogP contribution in [-0.2, 0) is 6.54 Å². The van der Waals surface area contributed by atoms with E-state index in [1.807, 2.05) is 6.07 Å². The molecule has 0 saturated carbocycles. The number of rotatable bonds is 4. The molecule has 0 atom stereocenters. The highest BCUT2D eigenvalue weighted by molar-refractivity contribution is 5.61. The topological polar surface area (TPSA) is 83.6 Å². The molecule has 0 radical (unpaired) electrons. The molecule has 3 rings (SSSR count). The lowest BCUT2D eigenvalue weighted by atomic mass is 10.1. The van der Waals surface area contributed by atoms with Crippen molar-refractivity contribution in [1.82, 2.24) is 14.8 Å².